The summed E-state index contributed by atoms with van der Waals surface area (Å²) in [5.41, 5.74) is 9.13. The molecule has 4 rings (SSSR count). The Morgan fingerprint density at radius 3 is 2.19 bits per heavy atom. The number of halogens is 2. The number of rotatable bonds is 2. The van der Waals surface area contributed by atoms with E-state index < -0.39 is 17.4 Å². The molecule has 0 N–H and O–H groups in total. The average molecular weight is 483 g/mol. The monoisotopic (exact) mass is 480 g/mol. The van der Waals surface area contributed by atoms with E-state index in [1.54, 1.807) is 17.7 Å². The quantitative estimate of drug-likeness (QED) is 0.412. The fourth-order valence-electron chi connectivity index (χ4n) is 4.80. The summed E-state index contributed by atoms with van der Waals surface area (Å²) in [7, 11) is 0. The predicted octanol–water partition coefficient (Wildman–Crippen LogP) is 5.68. The minimum absolute atomic E-state index is 0. The Morgan fingerprint density at radius 2 is 1.54 bits per heavy atom. The molecular weight excluding hydrogens is 454 g/mol. The molecule has 0 aromatic heterocycles. The molecule has 4 heteroatoms. The molecule has 2 aliphatic rings. The van der Waals surface area contributed by atoms with E-state index in [0.717, 1.165) is 6.42 Å². The van der Waals surface area contributed by atoms with Crippen LogP contribution in [-0.2, 0) is 23.8 Å². The van der Waals surface area contributed by atoms with Gasteiger partial charge in [0.2, 0.25) is 0 Å². The molecule has 2 aromatic rings. The van der Waals surface area contributed by atoms with Gasteiger partial charge in [-0.1, -0.05) is 0 Å². The maximum Gasteiger partial charge on any atom is -0.147 e. The molecule has 0 aliphatic heterocycles. The molecule has 0 amide bonds. The molecule has 0 unspecified atom stereocenters. The molecule has 0 heterocycles. The van der Waals surface area contributed by atoms with E-state index in [1.165, 1.54) is 28.7 Å². The molecular formula is C22H28Cl2SiZr. The fraction of sp³-hybridized carbons (Fsp3) is 0.273. The van der Waals surface area contributed by atoms with E-state index >= 15 is 0 Å². The zero-order chi connectivity index (χ0) is 17.1. The van der Waals surface area contributed by atoms with Crippen molar-refractivity contribution in [2.24, 2.45) is 0 Å². The van der Waals surface area contributed by atoms with Gasteiger partial charge in [-0.05, 0) is 0 Å². The second-order valence-corrected chi connectivity index (χ2v) is 37.1. The molecule has 2 aliphatic carbocycles. The largest absolute Gasteiger partial charge is 0.147 e. The van der Waals surface area contributed by atoms with Crippen LogP contribution in [0, 0.1) is 0 Å². The van der Waals surface area contributed by atoms with Crippen molar-refractivity contribution in [2.45, 2.75) is 36.0 Å². The van der Waals surface area contributed by atoms with Crippen molar-refractivity contribution in [1.82, 2.24) is 0 Å². The van der Waals surface area contributed by atoms with Crippen molar-refractivity contribution in [2.75, 3.05) is 0 Å². The molecule has 0 radical (unpaired) electrons. The number of hydrogen-bond acceptors (Lipinski definition) is 0. The van der Waals surface area contributed by atoms with Crippen LogP contribution in [0.2, 0.25) is 9.26 Å². The van der Waals surface area contributed by atoms with Crippen molar-refractivity contribution >= 4 is 35.0 Å². The Bertz CT molecular complexity index is 1010. The van der Waals surface area contributed by atoms with Crippen LogP contribution in [-0.4, -0.2) is 6.88 Å². The van der Waals surface area contributed by atoms with Gasteiger partial charge in [-0.3, -0.25) is 0 Å². The summed E-state index contributed by atoms with van der Waals surface area (Å²) in [5.74, 6) is 0. The standard InChI is InChI=1S/C13H9.C7H9.2CH3.2ClH.H2Si.Zr/c1-3-7-12-10(5-1)9-11-6-2-4-8-13(11)12;1-6-4-3-5-7(6)2;;;;;;/h1-5,7-8H,9H2;4H,3H2,1-2H3;2*1H3;2*1H;1H2;. The maximum atomic E-state index is 2.64. The second kappa shape index (κ2) is 7.21. The Balaban J connectivity index is 0.00000121. The van der Waals surface area contributed by atoms with Gasteiger partial charge in [-0.15, -0.1) is 24.8 Å². The molecule has 2 aromatic carbocycles. The van der Waals surface area contributed by atoms with E-state index in [-0.39, 0.29) is 24.8 Å². The van der Waals surface area contributed by atoms with Crippen molar-refractivity contribution in [3.8, 4) is 11.1 Å². The van der Waals surface area contributed by atoms with Gasteiger partial charge in [-0.2, -0.15) is 0 Å². The van der Waals surface area contributed by atoms with Crippen molar-refractivity contribution in [3.63, 3.8) is 0 Å². The van der Waals surface area contributed by atoms with Crippen LogP contribution >= 0.6 is 24.8 Å². The van der Waals surface area contributed by atoms with E-state index in [1.807, 2.05) is 0 Å². The molecule has 0 bridgehead atoms. The molecule has 0 saturated carbocycles. The van der Waals surface area contributed by atoms with Gasteiger partial charge in [0, 0.05) is 0 Å². The second-order valence-electron chi connectivity index (χ2n) is 8.55. The van der Waals surface area contributed by atoms with E-state index in [0.29, 0.717) is 0 Å². The first-order valence-electron chi connectivity index (χ1n) is 8.93. The summed E-state index contributed by atoms with van der Waals surface area (Å²) in [6.45, 7) is 6.99. The molecule has 138 valence electrons. The van der Waals surface area contributed by atoms with Gasteiger partial charge >= 0.3 is 149 Å². The third kappa shape index (κ3) is 3.18. The van der Waals surface area contributed by atoms with Crippen molar-refractivity contribution in [1.29, 1.82) is 0 Å². The number of allylic oxidation sites excluding steroid dienone is 4. The number of benzene rings is 2. The van der Waals surface area contributed by atoms with Crippen molar-refractivity contribution < 1.29 is 17.4 Å². The minimum atomic E-state index is -3.14. The SMILES string of the molecule is CC1=CC[C]([Zr]([CH3])([CH3])(=[SiH2])[c]2cccc3c2Cc2ccccc2-3)=C1C.Cl.Cl. The van der Waals surface area contributed by atoms with Gasteiger partial charge in [0.25, 0.3) is 0 Å². The van der Waals surface area contributed by atoms with E-state index in [4.69, 9.17) is 0 Å². The molecule has 0 atom stereocenters. The normalized spacial score (nSPS) is 15.7. The fourth-order valence-corrected chi connectivity index (χ4v) is 19.8. The first-order valence-corrected chi connectivity index (χ1v) is 22.2. The van der Waals surface area contributed by atoms with E-state index in [9.17, 15) is 0 Å². The summed E-state index contributed by atoms with van der Waals surface area (Å²) in [6, 6.07) is 16.0. The number of fused-ring (bicyclic) bond motifs is 3. The maximum absolute atomic E-state index is 3.14. The average Bonchev–Trinajstić information content (AvgIpc) is 3.08. The topological polar surface area (TPSA) is 0 Å². The summed E-state index contributed by atoms with van der Waals surface area (Å²) < 4.78 is 8.78. The molecule has 0 nitrogen and oxygen atoms in total. The summed E-state index contributed by atoms with van der Waals surface area (Å²) >= 11 is -3.14. The smallest absolute Gasteiger partial charge is 0.147 e. The van der Waals surface area contributed by atoms with Crippen LogP contribution in [0.15, 0.2) is 63.0 Å². The summed E-state index contributed by atoms with van der Waals surface area (Å²) in [5, 5.41) is 0. The first kappa shape index (κ1) is 21.9. The Hall–Kier alpha value is -0.400. The van der Waals surface area contributed by atoms with Gasteiger partial charge in [0.1, 0.15) is 0 Å². The first-order chi connectivity index (χ1) is 11.3. The van der Waals surface area contributed by atoms with Crippen molar-refractivity contribution in [3.05, 3.63) is 74.1 Å². The number of hydrogen-bond donors (Lipinski definition) is 0. The van der Waals surface area contributed by atoms with Crippen LogP contribution in [0.5, 0.6) is 0 Å². The Kier molecular flexibility index (Phi) is 6.07. The Labute approximate surface area is 172 Å². The third-order valence-electron chi connectivity index (χ3n) is 6.34. The summed E-state index contributed by atoms with van der Waals surface area (Å²) in [4.78, 5) is 0. The van der Waals surface area contributed by atoms with Crippen LogP contribution in [0.4, 0.5) is 0 Å². The molecule has 0 saturated heterocycles. The van der Waals surface area contributed by atoms with Gasteiger partial charge in [0.15, 0.2) is 0 Å². The van der Waals surface area contributed by atoms with E-state index in [2.05, 4.69) is 78.5 Å². The summed E-state index contributed by atoms with van der Waals surface area (Å²) in [6.07, 6.45) is 4.73. The zero-order valence-electron chi connectivity index (χ0n) is 16.1. The van der Waals surface area contributed by atoms with Crippen LogP contribution < -0.4 is 3.27 Å². The van der Waals surface area contributed by atoms with Gasteiger partial charge in [-0.25, -0.2) is 0 Å². The minimum Gasteiger partial charge on any atom is -0.147 e. The molecule has 26 heavy (non-hydrogen) atoms. The predicted molar refractivity (Wildman–Crippen MR) is 120 cm³/mol. The van der Waals surface area contributed by atoms with Crippen LogP contribution in [0.1, 0.15) is 31.4 Å². The van der Waals surface area contributed by atoms with Gasteiger partial charge < -0.3 is 0 Å². The van der Waals surface area contributed by atoms with Crippen LogP contribution in [0.25, 0.3) is 11.1 Å². The van der Waals surface area contributed by atoms with Crippen LogP contribution in [0.3, 0.4) is 0 Å². The van der Waals surface area contributed by atoms with Gasteiger partial charge in [0.05, 0.1) is 0 Å². The molecule has 0 spiro atoms. The third-order valence-corrected chi connectivity index (χ3v) is 22.7. The molecule has 0 fully saturated rings. The Morgan fingerprint density at radius 1 is 0.885 bits per heavy atom. The zero-order valence-corrected chi connectivity index (χ0v) is 21.6.